The van der Waals surface area contributed by atoms with Gasteiger partial charge in [0, 0.05) is 16.7 Å². The third-order valence-electron chi connectivity index (χ3n) is 10.9. The van der Waals surface area contributed by atoms with Crippen LogP contribution in [0.4, 0.5) is 0 Å². The van der Waals surface area contributed by atoms with Gasteiger partial charge in [0.15, 0.2) is 5.58 Å². The van der Waals surface area contributed by atoms with E-state index in [4.69, 9.17) is 14.4 Å². The molecule has 0 aliphatic carbocycles. The van der Waals surface area contributed by atoms with E-state index in [-0.39, 0.29) is 10.8 Å². The number of aromatic nitrogens is 3. The Morgan fingerprint density at radius 1 is 0.351 bits per heavy atom. The Hall–Kier alpha value is -6.65. The van der Waals surface area contributed by atoms with Crippen molar-refractivity contribution in [2.45, 2.75) is 52.4 Å². The van der Waals surface area contributed by atoms with Crippen LogP contribution in [0.2, 0.25) is 0 Å². The molecule has 57 heavy (non-hydrogen) atoms. The minimum absolute atomic E-state index is 0.0632. The Labute approximate surface area is 335 Å². The summed E-state index contributed by atoms with van der Waals surface area (Å²) in [5.41, 5.74) is 17.6. The van der Waals surface area contributed by atoms with Gasteiger partial charge in [0.2, 0.25) is 5.89 Å². The predicted molar refractivity (Wildman–Crippen MR) is 237 cm³/mol. The average Bonchev–Trinajstić information content (AvgIpc) is 3.67. The molecule has 0 aliphatic heterocycles. The summed E-state index contributed by atoms with van der Waals surface area (Å²) in [6.45, 7) is 13.5. The zero-order chi connectivity index (χ0) is 39.3. The van der Waals surface area contributed by atoms with Gasteiger partial charge < -0.3 is 4.42 Å². The Morgan fingerprint density at radius 3 is 1.23 bits per heavy atom. The van der Waals surface area contributed by atoms with Gasteiger partial charge in [-0.05, 0) is 91.7 Å². The number of benzene rings is 7. The van der Waals surface area contributed by atoms with Crippen molar-refractivity contribution in [1.82, 2.24) is 15.0 Å². The smallest absolute Gasteiger partial charge is 0.227 e. The molecule has 0 amide bonds. The van der Waals surface area contributed by atoms with Crippen LogP contribution in [0.5, 0.6) is 0 Å². The molecule has 0 radical (unpaired) electrons. The SMILES string of the molecule is CC(C)(C)c1ccc(-c2cc3nc(-c4ccccc4)c(-c4ccc(-c5ccc(-c6nc7ccccc7o6)cc5)cc4)nc3cc2-c2ccc(C(C)(C)C)cc2)cc1. The third kappa shape index (κ3) is 7.16. The minimum Gasteiger partial charge on any atom is -0.436 e. The first kappa shape index (κ1) is 36.0. The average molecular weight is 740 g/mol. The summed E-state index contributed by atoms with van der Waals surface area (Å²) < 4.78 is 6.01. The van der Waals surface area contributed by atoms with Crippen LogP contribution < -0.4 is 0 Å². The first-order valence-corrected chi connectivity index (χ1v) is 19.7. The van der Waals surface area contributed by atoms with Crippen LogP contribution in [-0.4, -0.2) is 15.0 Å². The van der Waals surface area contributed by atoms with Gasteiger partial charge in [0.1, 0.15) is 5.52 Å². The quantitative estimate of drug-likeness (QED) is 0.170. The number of para-hydroxylation sites is 2. The molecule has 0 bridgehead atoms. The van der Waals surface area contributed by atoms with Crippen molar-refractivity contribution in [1.29, 1.82) is 0 Å². The highest BCUT2D eigenvalue weighted by Gasteiger charge is 2.20. The fraction of sp³-hybridized carbons (Fsp3) is 0.151. The third-order valence-corrected chi connectivity index (χ3v) is 10.9. The Kier molecular flexibility index (Phi) is 8.93. The summed E-state index contributed by atoms with van der Waals surface area (Å²) in [5.74, 6) is 0.622. The summed E-state index contributed by atoms with van der Waals surface area (Å²) in [6, 6.07) is 57.7. The van der Waals surface area contributed by atoms with Crippen molar-refractivity contribution >= 4 is 22.1 Å². The molecule has 2 aromatic heterocycles. The van der Waals surface area contributed by atoms with E-state index in [0.29, 0.717) is 5.89 Å². The van der Waals surface area contributed by atoms with Crippen LogP contribution in [-0.2, 0) is 10.8 Å². The molecule has 9 aromatic rings. The van der Waals surface area contributed by atoms with E-state index < -0.39 is 0 Å². The molecule has 278 valence electrons. The fourth-order valence-corrected chi connectivity index (χ4v) is 7.50. The number of hydrogen-bond acceptors (Lipinski definition) is 4. The number of rotatable bonds is 6. The van der Waals surface area contributed by atoms with Crippen LogP contribution in [0.25, 0.3) is 89.5 Å². The molecule has 0 saturated heterocycles. The molecule has 0 N–H and O–H groups in total. The molecule has 9 rings (SSSR count). The first-order chi connectivity index (χ1) is 27.5. The van der Waals surface area contributed by atoms with E-state index in [0.717, 1.165) is 83.6 Å². The summed E-state index contributed by atoms with van der Waals surface area (Å²) in [5, 5.41) is 0. The van der Waals surface area contributed by atoms with Crippen molar-refractivity contribution in [2.75, 3.05) is 0 Å². The Morgan fingerprint density at radius 2 is 0.754 bits per heavy atom. The molecule has 4 heteroatoms. The van der Waals surface area contributed by atoms with Gasteiger partial charge in [0.25, 0.3) is 0 Å². The second-order valence-electron chi connectivity index (χ2n) is 17.0. The summed E-state index contributed by atoms with van der Waals surface area (Å²) in [6.07, 6.45) is 0. The highest BCUT2D eigenvalue weighted by atomic mass is 16.3. The van der Waals surface area contributed by atoms with Gasteiger partial charge in [-0.3, -0.25) is 0 Å². The molecular formula is C53H45N3O. The maximum absolute atomic E-state index is 6.01. The van der Waals surface area contributed by atoms with Crippen molar-refractivity contribution in [3.05, 3.63) is 175 Å². The van der Waals surface area contributed by atoms with Crippen LogP contribution in [0.3, 0.4) is 0 Å². The summed E-state index contributed by atoms with van der Waals surface area (Å²) in [7, 11) is 0. The van der Waals surface area contributed by atoms with Crippen molar-refractivity contribution in [3.63, 3.8) is 0 Å². The molecule has 0 spiro atoms. The van der Waals surface area contributed by atoms with Gasteiger partial charge in [-0.1, -0.05) is 169 Å². The predicted octanol–water partition coefficient (Wildman–Crippen LogP) is 14.4. The van der Waals surface area contributed by atoms with Crippen LogP contribution in [0, 0.1) is 0 Å². The van der Waals surface area contributed by atoms with Gasteiger partial charge in [0.05, 0.1) is 22.4 Å². The molecule has 7 aromatic carbocycles. The lowest BCUT2D eigenvalue weighted by atomic mass is 9.84. The van der Waals surface area contributed by atoms with Gasteiger partial charge in [-0.2, -0.15) is 0 Å². The highest BCUT2D eigenvalue weighted by Crippen LogP contribution is 2.40. The van der Waals surface area contributed by atoms with Crippen molar-refractivity contribution in [3.8, 4) is 67.3 Å². The second kappa shape index (κ2) is 14.1. The van der Waals surface area contributed by atoms with E-state index in [1.807, 2.05) is 30.3 Å². The zero-order valence-electron chi connectivity index (χ0n) is 33.3. The summed E-state index contributed by atoms with van der Waals surface area (Å²) in [4.78, 5) is 15.5. The maximum Gasteiger partial charge on any atom is 0.227 e. The lowest BCUT2D eigenvalue weighted by Crippen LogP contribution is -2.10. The second-order valence-corrected chi connectivity index (χ2v) is 17.0. The Balaban J connectivity index is 1.14. The topological polar surface area (TPSA) is 51.8 Å². The van der Waals surface area contributed by atoms with E-state index in [1.165, 1.54) is 11.1 Å². The van der Waals surface area contributed by atoms with E-state index in [1.54, 1.807) is 0 Å². The standard InChI is InChI=1S/C53H45N3O/c1-52(2,3)41-28-24-36(25-29-41)43-32-46-47(33-44(43)37-26-30-42(31-27-37)53(4,5)6)55-50(49(54-46)38-12-8-7-9-13-38)39-20-16-34(17-21-39)35-18-22-40(23-19-35)51-56-45-14-10-11-15-48(45)57-51/h7-33H,1-6H3. The van der Waals surface area contributed by atoms with Gasteiger partial charge in [-0.25, -0.2) is 15.0 Å². The number of fused-ring (bicyclic) bond motifs is 2. The van der Waals surface area contributed by atoms with Crippen molar-refractivity contribution in [2.24, 2.45) is 0 Å². The van der Waals surface area contributed by atoms with Gasteiger partial charge >= 0.3 is 0 Å². The molecular weight excluding hydrogens is 695 g/mol. The molecule has 0 aliphatic rings. The molecule has 4 nitrogen and oxygen atoms in total. The van der Waals surface area contributed by atoms with E-state index in [2.05, 4.69) is 180 Å². The highest BCUT2D eigenvalue weighted by molar-refractivity contribution is 5.96. The number of oxazole rings is 1. The molecule has 0 fully saturated rings. The van der Waals surface area contributed by atoms with Crippen LogP contribution in [0.1, 0.15) is 52.7 Å². The van der Waals surface area contributed by atoms with Crippen LogP contribution in [0.15, 0.2) is 168 Å². The number of hydrogen-bond donors (Lipinski definition) is 0. The molecule has 0 unspecified atom stereocenters. The monoisotopic (exact) mass is 739 g/mol. The number of nitrogens with zero attached hydrogens (tertiary/aromatic N) is 3. The lowest BCUT2D eigenvalue weighted by Gasteiger charge is -2.21. The summed E-state index contributed by atoms with van der Waals surface area (Å²) >= 11 is 0. The lowest BCUT2D eigenvalue weighted by molar-refractivity contribution is 0.590. The van der Waals surface area contributed by atoms with Gasteiger partial charge in [-0.15, -0.1) is 0 Å². The first-order valence-electron chi connectivity index (χ1n) is 19.7. The fourth-order valence-electron chi connectivity index (χ4n) is 7.50. The van der Waals surface area contributed by atoms with Crippen LogP contribution >= 0.6 is 0 Å². The van der Waals surface area contributed by atoms with Crippen molar-refractivity contribution < 1.29 is 4.42 Å². The minimum atomic E-state index is 0.0632. The Bertz CT molecular complexity index is 2820. The zero-order valence-corrected chi connectivity index (χ0v) is 33.3. The van der Waals surface area contributed by atoms with E-state index >= 15 is 0 Å². The maximum atomic E-state index is 6.01. The molecule has 0 saturated carbocycles. The molecule has 2 heterocycles. The van der Waals surface area contributed by atoms with E-state index in [9.17, 15) is 0 Å². The largest absolute Gasteiger partial charge is 0.436 e. The normalized spacial score (nSPS) is 12.0. The molecule has 0 atom stereocenters.